The maximum atomic E-state index is 12.8. The lowest BCUT2D eigenvalue weighted by Gasteiger charge is -2.10. The minimum atomic E-state index is -4.21. The number of nitrogens with zero attached hydrogens (tertiary/aromatic N) is 1. The summed E-state index contributed by atoms with van der Waals surface area (Å²) in [5.41, 5.74) is 0.901. The molecule has 0 saturated carbocycles. The predicted molar refractivity (Wildman–Crippen MR) is 144 cm³/mol. The van der Waals surface area contributed by atoms with Crippen LogP contribution in [0.3, 0.4) is 0 Å². The van der Waals surface area contributed by atoms with Gasteiger partial charge in [0.2, 0.25) is 0 Å². The highest BCUT2D eigenvalue weighted by atomic mass is 35.5. The molecule has 0 aliphatic carbocycles. The van der Waals surface area contributed by atoms with Crippen LogP contribution in [0.2, 0.25) is 5.02 Å². The highest BCUT2D eigenvalue weighted by Gasteiger charge is 2.20. The van der Waals surface area contributed by atoms with E-state index in [9.17, 15) is 22.8 Å². The molecule has 0 fully saturated rings. The third-order valence-electron chi connectivity index (χ3n) is 5.40. The number of nitrogens with one attached hydrogen (secondary N) is 3. The van der Waals surface area contributed by atoms with E-state index in [1.807, 2.05) is 4.72 Å². The number of carbonyl (C=O) groups excluding carboxylic acids is 3. The van der Waals surface area contributed by atoms with Gasteiger partial charge in [-0.05, 0) is 54.4 Å². The summed E-state index contributed by atoms with van der Waals surface area (Å²) in [5, 5.41) is 5.60. The van der Waals surface area contributed by atoms with Crippen molar-refractivity contribution in [1.82, 2.24) is 20.3 Å². The molecule has 0 radical (unpaired) electrons. The monoisotopic (exact) mass is 574 g/mol. The summed E-state index contributed by atoms with van der Waals surface area (Å²) >= 11 is 6.10. The van der Waals surface area contributed by atoms with Gasteiger partial charge in [0.05, 0.1) is 34.8 Å². The molecule has 0 atom stereocenters. The average Bonchev–Trinajstić information content (AvgIpc) is 2.93. The molecule has 3 aromatic rings. The lowest BCUT2D eigenvalue weighted by Crippen LogP contribution is -2.31. The van der Waals surface area contributed by atoms with Crippen LogP contribution in [0.15, 0.2) is 65.7 Å². The fourth-order valence-corrected chi connectivity index (χ4v) is 4.60. The number of benzene rings is 2. The second kappa shape index (κ2) is 13.7. The first-order valence-corrected chi connectivity index (χ1v) is 13.5. The number of rotatable bonds is 12. The molecule has 0 spiro atoms. The van der Waals surface area contributed by atoms with Crippen molar-refractivity contribution < 1.29 is 32.3 Å². The number of hydrogen-bond acceptors (Lipinski definition) is 8. The number of sulfonamides is 1. The molecule has 3 amide bonds. The van der Waals surface area contributed by atoms with Crippen molar-refractivity contribution in [3.05, 3.63) is 88.2 Å². The van der Waals surface area contributed by atoms with Crippen LogP contribution in [-0.2, 0) is 21.2 Å². The SMILES string of the molecule is COCCNC(=O)c1ccc(C(=O)NS(=O)(=O)c2cccc(CCNC(=O)c3cc(OC)ccc3Cl)c2)cn1. The number of carbonyl (C=O) groups is 3. The minimum absolute atomic E-state index is 0.0397. The van der Waals surface area contributed by atoms with E-state index in [1.165, 1.54) is 50.6 Å². The van der Waals surface area contributed by atoms with Crippen molar-refractivity contribution in [2.24, 2.45) is 0 Å². The van der Waals surface area contributed by atoms with E-state index < -0.39 is 27.7 Å². The van der Waals surface area contributed by atoms with Gasteiger partial charge in [0.25, 0.3) is 27.7 Å². The number of ether oxygens (including phenoxy) is 2. The zero-order chi connectivity index (χ0) is 28.4. The van der Waals surface area contributed by atoms with Gasteiger partial charge in [0.15, 0.2) is 0 Å². The van der Waals surface area contributed by atoms with E-state index in [2.05, 4.69) is 15.6 Å². The van der Waals surface area contributed by atoms with E-state index in [4.69, 9.17) is 21.1 Å². The molecular weight excluding hydrogens is 548 g/mol. The molecule has 0 bridgehead atoms. The molecule has 39 heavy (non-hydrogen) atoms. The van der Waals surface area contributed by atoms with Crippen molar-refractivity contribution in [2.75, 3.05) is 33.9 Å². The van der Waals surface area contributed by atoms with E-state index in [0.717, 1.165) is 6.20 Å². The van der Waals surface area contributed by atoms with Gasteiger partial charge in [-0.25, -0.2) is 13.1 Å². The van der Waals surface area contributed by atoms with Crippen molar-refractivity contribution in [3.8, 4) is 5.75 Å². The van der Waals surface area contributed by atoms with Crippen molar-refractivity contribution in [1.29, 1.82) is 0 Å². The molecule has 3 N–H and O–H groups in total. The molecule has 0 aliphatic rings. The first kappa shape index (κ1) is 29.6. The normalized spacial score (nSPS) is 10.9. The fourth-order valence-electron chi connectivity index (χ4n) is 3.35. The third-order valence-corrected chi connectivity index (χ3v) is 7.06. The van der Waals surface area contributed by atoms with Crippen LogP contribution in [0.4, 0.5) is 0 Å². The lowest BCUT2D eigenvalue weighted by molar-refractivity contribution is 0.0927. The molecule has 206 valence electrons. The number of aromatic nitrogens is 1. The van der Waals surface area contributed by atoms with Gasteiger partial charge in [-0.3, -0.25) is 19.4 Å². The quantitative estimate of drug-likeness (QED) is 0.278. The number of amides is 3. The maximum Gasteiger partial charge on any atom is 0.269 e. The maximum absolute atomic E-state index is 12.8. The Morgan fingerprint density at radius 3 is 2.38 bits per heavy atom. The Morgan fingerprint density at radius 2 is 1.69 bits per heavy atom. The van der Waals surface area contributed by atoms with Crippen LogP contribution in [0, 0.1) is 0 Å². The predicted octanol–water partition coefficient (Wildman–Crippen LogP) is 2.21. The first-order valence-electron chi connectivity index (χ1n) is 11.7. The van der Waals surface area contributed by atoms with E-state index >= 15 is 0 Å². The molecule has 1 aromatic heterocycles. The van der Waals surface area contributed by atoms with Crippen LogP contribution in [-0.4, -0.2) is 65.0 Å². The average molecular weight is 575 g/mol. The Balaban J connectivity index is 1.59. The Kier molecular flexibility index (Phi) is 10.4. The summed E-state index contributed by atoms with van der Waals surface area (Å²) in [6.45, 7) is 0.830. The van der Waals surface area contributed by atoms with Crippen molar-refractivity contribution in [2.45, 2.75) is 11.3 Å². The molecule has 1 heterocycles. The third kappa shape index (κ3) is 8.24. The number of hydrogen-bond donors (Lipinski definition) is 3. The van der Waals surface area contributed by atoms with E-state index in [-0.39, 0.29) is 33.3 Å². The van der Waals surface area contributed by atoms with Gasteiger partial charge in [-0.2, -0.15) is 0 Å². The van der Waals surface area contributed by atoms with Gasteiger partial charge in [-0.1, -0.05) is 23.7 Å². The summed E-state index contributed by atoms with van der Waals surface area (Å²) < 4.78 is 37.6. The highest BCUT2D eigenvalue weighted by Crippen LogP contribution is 2.22. The summed E-state index contributed by atoms with van der Waals surface area (Å²) in [4.78, 5) is 40.9. The Morgan fingerprint density at radius 1 is 0.923 bits per heavy atom. The summed E-state index contributed by atoms with van der Waals surface area (Å²) in [6.07, 6.45) is 1.44. The van der Waals surface area contributed by atoms with Gasteiger partial charge in [0.1, 0.15) is 11.4 Å². The number of methoxy groups -OCH3 is 2. The van der Waals surface area contributed by atoms with E-state index in [0.29, 0.717) is 30.9 Å². The molecule has 11 nitrogen and oxygen atoms in total. The van der Waals surface area contributed by atoms with Crippen LogP contribution >= 0.6 is 11.6 Å². The largest absolute Gasteiger partial charge is 0.497 e. The second-order valence-corrected chi connectivity index (χ2v) is 10.2. The molecule has 0 unspecified atom stereocenters. The molecule has 0 aliphatic heterocycles. The van der Waals surface area contributed by atoms with Gasteiger partial charge < -0.3 is 20.1 Å². The first-order chi connectivity index (χ1) is 18.6. The molecular formula is C26H27ClN4O7S. The topological polar surface area (TPSA) is 153 Å². The van der Waals surface area contributed by atoms with Crippen LogP contribution in [0.25, 0.3) is 0 Å². The standard InChI is InChI=1S/C26H27ClN4O7S/c1-37-13-12-29-26(34)23-9-6-18(16-30-23)24(32)31-39(35,36)20-5-3-4-17(14-20)10-11-28-25(33)21-15-19(38-2)7-8-22(21)27/h3-9,14-16H,10-13H2,1-2H3,(H,28,33)(H,29,34)(H,31,32). The summed E-state index contributed by atoms with van der Waals surface area (Å²) in [7, 11) is -1.23. The van der Waals surface area contributed by atoms with Gasteiger partial charge >= 0.3 is 0 Å². The van der Waals surface area contributed by atoms with Crippen LogP contribution < -0.4 is 20.1 Å². The summed E-state index contributed by atoms with van der Waals surface area (Å²) in [6, 6.07) is 13.3. The van der Waals surface area contributed by atoms with Gasteiger partial charge in [0, 0.05) is 26.4 Å². The second-order valence-electron chi connectivity index (χ2n) is 8.11. The molecule has 0 saturated heterocycles. The number of halogens is 1. The van der Waals surface area contributed by atoms with Crippen LogP contribution in [0.1, 0.15) is 36.8 Å². The van der Waals surface area contributed by atoms with Crippen molar-refractivity contribution >= 4 is 39.3 Å². The Bertz CT molecular complexity index is 1450. The smallest absolute Gasteiger partial charge is 0.269 e. The van der Waals surface area contributed by atoms with Crippen molar-refractivity contribution in [3.63, 3.8) is 0 Å². The Labute approximate surface area is 230 Å². The van der Waals surface area contributed by atoms with Gasteiger partial charge in [-0.15, -0.1) is 0 Å². The van der Waals surface area contributed by atoms with E-state index in [1.54, 1.807) is 18.2 Å². The zero-order valence-corrected chi connectivity index (χ0v) is 22.8. The number of pyridine rings is 1. The molecule has 13 heteroatoms. The minimum Gasteiger partial charge on any atom is -0.497 e. The lowest BCUT2D eigenvalue weighted by atomic mass is 10.1. The molecule has 3 rings (SSSR count). The Hall–Kier alpha value is -4.00. The highest BCUT2D eigenvalue weighted by molar-refractivity contribution is 7.90. The summed E-state index contributed by atoms with van der Waals surface area (Å²) in [5.74, 6) is -1.27. The fraction of sp³-hybridized carbons (Fsp3) is 0.231. The molecule has 2 aromatic carbocycles. The van der Waals surface area contributed by atoms with Crippen LogP contribution in [0.5, 0.6) is 5.75 Å². The zero-order valence-electron chi connectivity index (χ0n) is 21.2.